The van der Waals surface area contributed by atoms with Crippen molar-refractivity contribution in [1.29, 1.82) is 0 Å². The van der Waals surface area contributed by atoms with Gasteiger partial charge in [0.25, 0.3) is 0 Å². The Labute approximate surface area is 123 Å². The van der Waals surface area contributed by atoms with Crippen molar-refractivity contribution < 1.29 is 9.53 Å². The van der Waals surface area contributed by atoms with Crippen molar-refractivity contribution in [2.24, 2.45) is 0 Å². The Balaban J connectivity index is 1.65. The van der Waals surface area contributed by atoms with Gasteiger partial charge in [-0.3, -0.25) is 4.90 Å². The minimum absolute atomic E-state index is 0.187. The number of amides is 1. The van der Waals surface area contributed by atoms with E-state index in [1.54, 1.807) is 24.5 Å². The minimum Gasteiger partial charge on any atom is -0.410 e. The van der Waals surface area contributed by atoms with Gasteiger partial charge < -0.3 is 4.74 Å². The molecule has 0 saturated carbocycles. The summed E-state index contributed by atoms with van der Waals surface area (Å²) in [6.45, 7) is 0. The Morgan fingerprint density at radius 2 is 1.43 bits per heavy atom. The number of carbonyl (C=O) groups excluding carboxylic acids is 1. The standard InChI is InChI=1S/C18H15NO2/c20-18(21-17-9-5-2-6-10-17)19-13-11-16(12-14-19)15-7-3-1-4-8-15/h1-14,16H. The molecule has 0 radical (unpaired) electrons. The molecule has 1 aliphatic heterocycles. The summed E-state index contributed by atoms with van der Waals surface area (Å²) in [6.07, 6.45) is 7.01. The third kappa shape index (κ3) is 3.20. The fourth-order valence-corrected chi connectivity index (χ4v) is 2.15. The molecule has 0 saturated heterocycles. The van der Waals surface area contributed by atoms with Crippen LogP contribution in [-0.4, -0.2) is 11.0 Å². The molecule has 1 heterocycles. The predicted molar refractivity (Wildman–Crippen MR) is 81.8 cm³/mol. The molecule has 0 atom stereocenters. The number of carbonyl (C=O) groups is 1. The van der Waals surface area contributed by atoms with Crippen LogP contribution in [0.1, 0.15) is 11.5 Å². The quantitative estimate of drug-likeness (QED) is 0.818. The van der Waals surface area contributed by atoms with E-state index in [0.29, 0.717) is 5.75 Å². The maximum atomic E-state index is 12.0. The lowest BCUT2D eigenvalue weighted by Crippen LogP contribution is -2.25. The number of benzene rings is 2. The molecule has 0 aromatic heterocycles. The van der Waals surface area contributed by atoms with Crippen LogP contribution in [0.5, 0.6) is 5.75 Å². The SMILES string of the molecule is O=C(Oc1ccccc1)N1C=CC(c2ccccc2)C=C1. The van der Waals surface area contributed by atoms with E-state index in [2.05, 4.69) is 12.1 Å². The van der Waals surface area contributed by atoms with Crippen LogP contribution in [-0.2, 0) is 0 Å². The number of para-hydroxylation sites is 1. The highest BCUT2D eigenvalue weighted by Gasteiger charge is 2.15. The molecule has 1 aliphatic rings. The summed E-state index contributed by atoms with van der Waals surface area (Å²) in [4.78, 5) is 13.4. The van der Waals surface area contributed by atoms with Crippen molar-refractivity contribution in [2.45, 2.75) is 5.92 Å². The topological polar surface area (TPSA) is 29.5 Å². The fraction of sp³-hybridized carbons (Fsp3) is 0.0556. The second kappa shape index (κ2) is 6.09. The third-order valence-electron chi connectivity index (χ3n) is 3.25. The predicted octanol–water partition coefficient (Wildman–Crippen LogP) is 4.31. The van der Waals surface area contributed by atoms with Crippen LogP contribution in [0.15, 0.2) is 85.2 Å². The molecule has 21 heavy (non-hydrogen) atoms. The highest BCUT2D eigenvalue weighted by atomic mass is 16.6. The fourth-order valence-electron chi connectivity index (χ4n) is 2.15. The van der Waals surface area contributed by atoms with E-state index in [1.165, 1.54) is 10.5 Å². The molecule has 0 unspecified atom stereocenters. The van der Waals surface area contributed by atoms with Gasteiger partial charge in [0.1, 0.15) is 5.75 Å². The van der Waals surface area contributed by atoms with E-state index >= 15 is 0 Å². The summed E-state index contributed by atoms with van der Waals surface area (Å²) in [5, 5.41) is 0. The molecule has 3 nitrogen and oxygen atoms in total. The van der Waals surface area contributed by atoms with E-state index in [4.69, 9.17) is 4.74 Å². The number of allylic oxidation sites excluding steroid dienone is 2. The van der Waals surface area contributed by atoms with Crippen molar-refractivity contribution in [3.05, 3.63) is 90.8 Å². The third-order valence-corrected chi connectivity index (χ3v) is 3.25. The lowest BCUT2D eigenvalue weighted by molar-refractivity contribution is 0.181. The van der Waals surface area contributed by atoms with Gasteiger partial charge in [0.05, 0.1) is 0 Å². The van der Waals surface area contributed by atoms with Crippen molar-refractivity contribution >= 4 is 6.09 Å². The maximum Gasteiger partial charge on any atom is 0.423 e. The number of ether oxygens (including phenoxy) is 1. The van der Waals surface area contributed by atoms with Crippen molar-refractivity contribution in [2.75, 3.05) is 0 Å². The Hall–Kier alpha value is -2.81. The first-order chi connectivity index (χ1) is 10.3. The highest BCUT2D eigenvalue weighted by molar-refractivity contribution is 5.73. The summed E-state index contributed by atoms with van der Waals surface area (Å²) < 4.78 is 5.28. The molecular formula is C18H15NO2. The zero-order chi connectivity index (χ0) is 14.5. The first kappa shape index (κ1) is 13.2. The Morgan fingerprint density at radius 3 is 2.05 bits per heavy atom. The molecule has 2 aromatic rings. The molecule has 3 heteroatoms. The molecule has 0 bridgehead atoms. The van der Waals surface area contributed by atoms with Crippen LogP contribution in [0.4, 0.5) is 4.79 Å². The highest BCUT2D eigenvalue weighted by Crippen LogP contribution is 2.23. The van der Waals surface area contributed by atoms with Crippen LogP contribution >= 0.6 is 0 Å². The first-order valence-corrected chi connectivity index (χ1v) is 6.80. The number of hydrogen-bond acceptors (Lipinski definition) is 2. The van der Waals surface area contributed by atoms with Gasteiger partial charge in [0.2, 0.25) is 0 Å². The lowest BCUT2D eigenvalue weighted by Gasteiger charge is -2.19. The Kier molecular flexibility index (Phi) is 3.83. The summed E-state index contributed by atoms with van der Waals surface area (Å²) >= 11 is 0. The van der Waals surface area contributed by atoms with E-state index in [0.717, 1.165) is 0 Å². The molecule has 0 fully saturated rings. The first-order valence-electron chi connectivity index (χ1n) is 6.80. The Bertz CT molecular complexity index is 648. The maximum absolute atomic E-state index is 12.0. The number of rotatable bonds is 2. The molecule has 104 valence electrons. The van der Waals surface area contributed by atoms with Crippen LogP contribution in [0.2, 0.25) is 0 Å². The van der Waals surface area contributed by atoms with E-state index < -0.39 is 6.09 Å². The number of hydrogen-bond donors (Lipinski definition) is 0. The van der Waals surface area contributed by atoms with Gasteiger partial charge >= 0.3 is 6.09 Å². The zero-order valence-corrected chi connectivity index (χ0v) is 11.4. The minimum atomic E-state index is -0.416. The largest absolute Gasteiger partial charge is 0.423 e. The Morgan fingerprint density at radius 1 is 0.857 bits per heavy atom. The van der Waals surface area contributed by atoms with Gasteiger partial charge in [-0.25, -0.2) is 4.79 Å². The van der Waals surface area contributed by atoms with Crippen molar-refractivity contribution in [1.82, 2.24) is 4.90 Å². The van der Waals surface area contributed by atoms with Gasteiger partial charge in [0, 0.05) is 18.3 Å². The van der Waals surface area contributed by atoms with Gasteiger partial charge in [-0.15, -0.1) is 0 Å². The van der Waals surface area contributed by atoms with E-state index in [-0.39, 0.29) is 5.92 Å². The molecule has 0 spiro atoms. The van der Waals surface area contributed by atoms with Gasteiger partial charge in [0.15, 0.2) is 0 Å². The van der Waals surface area contributed by atoms with Gasteiger partial charge in [-0.05, 0) is 17.7 Å². The normalized spacial score (nSPS) is 14.2. The second-order valence-corrected chi connectivity index (χ2v) is 4.71. The van der Waals surface area contributed by atoms with Crippen LogP contribution in [0, 0.1) is 0 Å². The van der Waals surface area contributed by atoms with Crippen molar-refractivity contribution in [3.63, 3.8) is 0 Å². The summed E-state index contributed by atoms with van der Waals surface area (Å²) in [5.41, 5.74) is 1.20. The van der Waals surface area contributed by atoms with Gasteiger partial charge in [-0.1, -0.05) is 60.7 Å². The van der Waals surface area contributed by atoms with Crippen LogP contribution in [0.3, 0.4) is 0 Å². The average Bonchev–Trinajstić information content (AvgIpc) is 2.57. The number of nitrogens with zero attached hydrogens (tertiary/aromatic N) is 1. The summed E-state index contributed by atoms with van der Waals surface area (Å²) in [6, 6.07) is 19.2. The smallest absolute Gasteiger partial charge is 0.410 e. The molecule has 3 rings (SSSR count). The van der Waals surface area contributed by atoms with Crippen molar-refractivity contribution in [3.8, 4) is 5.75 Å². The molecule has 0 N–H and O–H groups in total. The molecular weight excluding hydrogens is 262 g/mol. The zero-order valence-electron chi connectivity index (χ0n) is 11.4. The van der Waals surface area contributed by atoms with Crippen LogP contribution in [0.25, 0.3) is 0 Å². The second-order valence-electron chi connectivity index (χ2n) is 4.71. The molecule has 2 aromatic carbocycles. The van der Waals surface area contributed by atoms with Gasteiger partial charge in [-0.2, -0.15) is 0 Å². The van der Waals surface area contributed by atoms with E-state index in [9.17, 15) is 4.79 Å². The van der Waals surface area contributed by atoms with Crippen LogP contribution < -0.4 is 4.74 Å². The molecule has 0 aliphatic carbocycles. The summed E-state index contributed by atoms with van der Waals surface area (Å²) in [5.74, 6) is 0.724. The van der Waals surface area contributed by atoms with E-state index in [1.807, 2.05) is 48.6 Å². The lowest BCUT2D eigenvalue weighted by atomic mass is 9.98. The summed E-state index contributed by atoms with van der Waals surface area (Å²) in [7, 11) is 0. The average molecular weight is 277 g/mol. The monoisotopic (exact) mass is 277 g/mol. The molecule has 1 amide bonds.